The van der Waals surface area contributed by atoms with E-state index in [1.165, 1.54) is 12.5 Å². The van der Waals surface area contributed by atoms with Crippen molar-refractivity contribution in [2.75, 3.05) is 6.54 Å². The van der Waals surface area contributed by atoms with Gasteiger partial charge in [0.15, 0.2) is 0 Å². The summed E-state index contributed by atoms with van der Waals surface area (Å²) in [6.07, 6.45) is 3.56. The maximum absolute atomic E-state index is 12.9. The summed E-state index contributed by atoms with van der Waals surface area (Å²) in [5.41, 5.74) is 5.89. The van der Waals surface area contributed by atoms with Crippen LogP contribution in [0.2, 0.25) is 0 Å². The number of carboxylic acids is 1. The number of aromatic nitrogens is 2. The van der Waals surface area contributed by atoms with Crippen LogP contribution in [-0.4, -0.2) is 63.4 Å². The molecule has 0 aliphatic heterocycles. The number of carboxylic acid groups (broad SMARTS) is 1. The number of hydrogen-bond donors (Lipinski definition) is 6. The second-order valence-corrected chi connectivity index (χ2v) is 7.55. The monoisotopic (exact) mass is 424 g/mol. The van der Waals surface area contributed by atoms with Crippen molar-refractivity contribution in [3.8, 4) is 0 Å². The maximum atomic E-state index is 12.9. The van der Waals surface area contributed by atoms with E-state index in [0.29, 0.717) is 12.1 Å². The van der Waals surface area contributed by atoms with Gasteiger partial charge in [0.2, 0.25) is 17.7 Å². The molecule has 0 spiro atoms. The average molecular weight is 425 g/mol. The molecular weight excluding hydrogens is 392 g/mol. The highest BCUT2D eigenvalue weighted by Crippen LogP contribution is 2.10. The number of aliphatic carboxylic acids is 1. The molecule has 0 aliphatic carbocycles. The SMILES string of the molecule is CCC(C)C(NC(=O)C(Cc1cnc[nH]1)NC(=O)C(NC(=O)CN)C(C)C)C(=O)O. The van der Waals surface area contributed by atoms with Crippen molar-refractivity contribution in [3.63, 3.8) is 0 Å². The van der Waals surface area contributed by atoms with E-state index in [0.717, 1.165) is 0 Å². The summed E-state index contributed by atoms with van der Waals surface area (Å²) in [7, 11) is 0. The first-order chi connectivity index (χ1) is 14.1. The molecule has 11 heteroatoms. The summed E-state index contributed by atoms with van der Waals surface area (Å²) in [6, 6.07) is -3.07. The third-order valence-corrected chi connectivity index (χ3v) is 4.84. The van der Waals surface area contributed by atoms with E-state index in [9.17, 15) is 24.3 Å². The third kappa shape index (κ3) is 7.47. The van der Waals surface area contributed by atoms with Gasteiger partial charge in [-0.25, -0.2) is 9.78 Å². The number of H-pyrrole nitrogens is 1. The zero-order valence-corrected chi connectivity index (χ0v) is 17.8. The first kappa shape index (κ1) is 25.1. The zero-order valence-electron chi connectivity index (χ0n) is 17.8. The van der Waals surface area contributed by atoms with Gasteiger partial charge in [-0.05, 0) is 11.8 Å². The molecule has 1 rings (SSSR count). The molecule has 0 aromatic carbocycles. The first-order valence-electron chi connectivity index (χ1n) is 9.90. The molecule has 7 N–H and O–H groups in total. The quantitative estimate of drug-likeness (QED) is 0.253. The van der Waals surface area contributed by atoms with E-state index in [1.54, 1.807) is 20.8 Å². The number of amides is 3. The predicted molar refractivity (Wildman–Crippen MR) is 109 cm³/mol. The molecule has 4 atom stereocenters. The smallest absolute Gasteiger partial charge is 0.326 e. The Bertz CT molecular complexity index is 721. The molecule has 168 valence electrons. The number of hydrogen-bond acceptors (Lipinski definition) is 6. The highest BCUT2D eigenvalue weighted by molar-refractivity contribution is 5.93. The fourth-order valence-electron chi connectivity index (χ4n) is 2.79. The van der Waals surface area contributed by atoms with Gasteiger partial charge in [-0.15, -0.1) is 0 Å². The molecule has 11 nitrogen and oxygen atoms in total. The Morgan fingerprint density at radius 3 is 2.23 bits per heavy atom. The van der Waals surface area contributed by atoms with Gasteiger partial charge in [-0.2, -0.15) is 0 Å². The number of carbonyl (C=O) groups is 4. The normalized spacial score (nSPS) is 15.0. The van der Waals surface area contributed by atoms with Gasteiger partial charge in [-0.1, -0.05) is 34.1 Å². The number of nitrogens with two attached hydrogens (primary N) is 1. The fourth-order valence-corrected chi connectivity index (χ4v) is 2.79. The lowest BCUT2D eigenvalue weighted by Crippen LogP contribution is -2.58. The predicted octanol–water partition coefficient (Wildman–Crippen LogP) is -0.848. The lowest BCUT2D eigenvalue weighted by atomic mass is 9.98. The Morgan fingerprint density at radius 2 is 1.77 bits per heavy atom. The van der Waals surface area contributed by atoms with Crippen LogP contribution in [0, 0.1) is 11.8 Å². The molecule has 1 aromatic heterocycles. The van der Waals surface area contributed by atoms with E-state index in [4.69, 9.17) is 5.73 Å². The van der Waals surface area contributed by atoms with Gasteiger partial charge < -0.3 is 31.8 Å². The van der Waals surface area contributed by atoms with Crippen LogP contribution in [0.25, 0.3) is 0 Å². The van der Waals surface area contributed by atoms with Crippen molar-refractivity contribution in [1.29, 1.82) is 0 Å². The third-order valence-electron chi connectivity index (χ3n) is 4.84. The van der Waals surface area contributed by atoms with Gasteiger partial charge in [0.1, 0.15) is 18.1 Å². The minimum Gasteiger partial charge on any atom is -0.480 e. The van der Waals surface area contributed by atoms with Crippen molar-refractivity contribution < 1.29 is 24.3 Å². The molecule has 4 unspecified atom stereocenters. The minimum atomic E-state index is -1.15. The average Bonchev–Trinajstić information content (AvgIpc) is 3.21. The fraction of sp³-hybridized carbons (Fsp3) is 0.632. The van der Waals surface area contributed by atoms with Gasteiger partial charge >= 0.3 is 5.97 Å². The van der Waals surface area contributed by atoms with Crippen LogP contribution in [0.3, 0.4) is 0 Å². The van der Waals surface area contributed by atoms with Crippen LogP contribution < -0.4 is 21.7 Å². The molecule has 30 heavy (non-hydrogen) atoms. The number of rotatable bonds is 12. The van der Waals surface area contributed by atoms with Crippen LogP contribution in [0.5, 0.6) is 0 Å². The van der Waals surface area contributed by atoms with Crippen molar-refractivity contribution in [2.45, 2.75) is 58.7 Å². The summed E-state index contributed by atoms with van der Waals surface area (Å²) >= 11 is 0. The first-order valence-corrected chi connectivity index (χ1v) is 9.90. The van der Waals surface area contributed by atoms with Crippen LogP contribution >= 0.6 is 0 Å². The maximum Gasteiger partial charge on any atom is 0.326 e. The summed E-state index contributed by atoms with van der Waals surface area (Å²) < 4.78 is 0. The second-order valence-electron chi connectivity index (χ2n) is 7.55. The van der Waals surface area contributed by atoms with Crippen molar-refractivity contribution in [3.05, 3.63) is 18.2 Å². The number of nitrogens with one attached hydrogen (secondary N) is 4. The number of aromatic amines is 1. The molecule has 0 saturated heterocycles. The molecule has 0 aliphatic rings. The number of nitrogens with zero attached hydrogens (tertiary/aromatic N) is 1. The van der Waals surface area contributed by atoms with E-state index < -0.39 is 41.8 Å². The molecule has 0 bridgehead atoms. The molecular formula is C19H32N6O5. The van der Waals surface area contributed by atoms with Crippen LogP contribution in [0.4, 0.5) is 0 Å². The molecule has 0 fully saturated rings. The van der Waals surface area contributed by atoms with E-state index in [1.807, 2.05) is 6.92 Å². The molecule has 1 heterocycles. The minimum absolute atomic E-state index is 0.0695. The lowest BCUT2D eigenvalue weighted by Gasteiger charge is -2.27. The summed E-state index contributed by atoms with van der Waals surface area (Å²) in [5.74, 6) is -3.42. The van der Waals surface area contributed by atoms with E-state index >= 15 is 0 Å². The largest absolute Gasteiger partial charge is 0.480 e. The highest BCUT2D eigenvalue weighted by atomic mass is 16.4. The van der Waals surface area contributed by atoms with E-state index in [-0.39, 0.29) is 24.8 Å². The number of carbonyl (C=O) groups excluding carboxylic acids is 3. The second kappa shape index (κ2) is 11.9. The van der Waals surface area contributed by atoms with Crippen molar-refractivity contribution in [2.24, 2.45) is 17.6 Å². The number of imidazole rings is 1. The highest BCUT2D eigenvalue weighted by Gasteiger charge is 2.32. The van der Waals surface area contributed by atoms with E-state index in [2.05, 4.69) is 25.9 Å². The summed E-state index contributed by atoms with van der Waals surface area (Å²) in [6.45, 7) is 6.76. The Balaban J connectivity index is 3.04. The molecule has 1 aromatic rings. The van der Waals surface area contributed by atoms with Crippen LogP contribution in [0.1, 0.15) is 39.8 Å². The Labute approximate surface area is 175 Å². The van der Waals surface area contributed by atoms with Crippen LogP contribution in [0.15, 0.2) is 12.5 Å². The Morgan fingerprint density at radius 1 is 1.10 bits per heavy atom. The topological polar surface area (TPSA) is 179 Å². The van der Waals surface area contributed by atoms with Gasteiger partial charge in [0, 0.05) is 18.3 Å². The Kier molecular flexibility index (Phi) is 9.96. The Hall–Kier alpha value is -2.95. The van der Waals surface area contributed by atoms with Crippen LogP contribution in [-0.2, 0) is 25.6 Å². The summed E-state index contributed by atoms with van der Waals surface area (Å²) in [4.78, 5) is 55.7. The van der Waals surface area contributed by atoms with Crippen molar-refractivity contribution in [1.82, 2.24) is 25.9 Å². The molecule has 0 saturated carbocycles. The summed E-state index contributed by atoms with van der Waals surface area (Å²) in [5, 5.41) is 17.1. The van der Waals surface area contributed by atoms with Crippen molar-refractivity contribution >= 4 is 23.7 Å². The van der Waals surface area contributed by atoms with Gasteiger partial charge in [0.25, 0.3) is 0 Å². The van der Waals surface area contributed by atoms with Gasteiger partial charge in [-0.3, -0.25) is 14.4 Å². The standard InChI is InChI=1S/C19H32N6O5/c1-5-11(4)16(19(29)30)25-17(27)13(6-12-8-21-9-22-12)23-18(28)15(10(2)3)24-14(26)7-20/h8-11,13,15-16H,5-7,20H2,1-4H3,(H,21,22)(H,23,28)(H,24,26)(H,25,27)(H,29,30). The molecule has 3 amide bonds. The lowest BCUT2D eigenvalue weighted by molar-refractivity contribution is -0.143. The van der Waals surface area contributed by atoms with Gasteiger partial charge in [0.05, 0.1) is 12.9 Å². The zero-order chi connectivity index (χ0) is 22.8. The molecule has 0 radical (unpaired) electrons.